The molecule has 26 heavy (non-hydrogen) atoms. The molecule has 1 aromatic rings. The Morgan fingerprint density at radius 3 is 2.42 bits per heavy atom. The Labute approximate surface area is 158 Å². The van der Waals surface area contributed by atoms with E-state index in [1.807, 2.05) is 7.05 Å². The van der Waals surface area contributed by atoms with Gasteiger partial charge in [0.25, 0.3) is 0 Å². The maximum Gasteiger partial charge on any atom is 0.191 e. The minimum absolute atomic E-state index is 0.452. The molecule has 0 bridgehead atoms. The van der Waals surface area contributed by atoms with Crippen LogP contribution in [0.25, 0.3) is 0 Å². The normalized spacial score (nSPS) is 23.9. The molecule has 142 valence electrons. The fourth-order valence-corrected chi connectivity index (χ4v) is 3.68. The maximum absolute atomic E-state index is 4.41. The lowest BCUT2D eigenvalue weighted by molar-refractivity contribution is 0.265. The standard InChI is InChI=1S/C21H33N5/c1-16(2)26-14-17(3)20(15-26)24-21(22-4)23-13-18-7-9-19(10-8-18)25-11-5-6-12-25/h5-10,16-17,20H,11-15H2,1-4H3,(H2,22,23,24). The van der Waals surface area contributed by atoms with Gasteiger partial charge in [0.2, 0.25) is 0 Å². The largest absolute Gasteiger partial charge is 0.364 e. The van der Waals surface area contributed by atoms with Gasteiger partial charge in [0.05, 0.1) is 0 Å². The van der Waals surface area contributed by atoms with Crippen molar-refractivity contribution in [2.75, 3.05) is 38.1 Å². The van der Waals surface area contributed by atoms with E-state index in [1.54, 1.807) is 0 Å². The fraction of sp³-hybridized carbons (Fsp3) is 0.571. The monoisotopic (exact) mass is 355 g/mol. The summed E-state index contributed by atoms with van der Waals surface area (Å²) in [5, 5.41) is 7.07. The van der Waals surface area contributed by atoms with Crippen molar-refractivity contribution in [3.05, 3.63) is 42.0 Å². The highest BCUT2D eigenvalue weighted by Crippen LogP contribution is 2.19. The van der Waals surface area contributed by atoms with Crippen LogP contribution in [0.4, 0.5) is 5.69 Å². The lowest BCUT2D eigenvalue weighted by Gasteiger charge is -2.22. The Morgan fingerprint density at radius 1 is 1.15 bits per heavy atom. The van der Waals surface area contributed by atoms with Gasteiger partial charge in [-0.3, -0.25) is 9.89 Å². The number of nitrogens with zero attached hydrogens (tertiary/aromatic N) is 3. The number of likely N-dealkylation sites (tertiary alicyclic amines) is 1. The van der Waals surface area contributed by atoms with Gasteiger partial charge in [-0.1, -0.05) is 31.2 Å². The molecule has 3 rings (SSSR count). The van der Waals surface area contributed by atoms with E-state index in [-0.39, 0.29) is 0 Å². The van der Waals surface area contributed by atoms with Crippen molar-refractivity contribution in [3.8, 4) is 0 Å². The van der Waals surface area contributed by atoms with Gasteiger partial charge in [0.15, 0.2) is 5.96 Å². The molecular formula is C21H33N5. The Morgan fingerprint density at radius 2 is 1.85 bits per heavy atom. The molecule has 2 atom stereocenters. The van der Waals surface area contributed by atoms with Crippen molar-refractivity contribution in [2.45, 2.75) is 39.4 Å². The van der Waals surface area contributed by atoms with E-state index in [9.17, 15) is 0 Å². The molecular weight excluding hydrogens is 322 g/mol. The van der Waals surface area contributed by atoms with Gasteiger partial charge < -0.3 is 15.5 Å². The van der Waals surface area contributed by atoms with Gasteiger partial charge in [-0.2, -0.15) is 0 Å². The summed E-state index contributed by atoms with van der Waals surface area (Å²) in [4.78, 5) is 9.30. The maximum atomic E-state index is 4.41. The molecule has 2 heterocycles. The molecule has 0 aromatic heterocycles. The number of rotatable bonds is 5. The minimum Gasteiger partial charge on any atom is -0.364 e. The smallest absolute Gasteiger partial charge is 0.191 e. The second kappa shape index (κ2) is 8.58. The lowest BCUT2D eigenvalue weighted by atomic mass is 10.1. The van der Waals surface area contributed by atoms with Gasteiger partial charge in [-0.25, -0.2) is 0 Å². The van der Waals surface area contributed by atoms with E-state index in [1.165, 1.54) is 11.3 Å². The SMILES string of the molecule is CN=C(NCc1ccc(N2CC=CC2)cc1)NC1CN(C(C)C)CC1C. The number of nitrogens with one attached hydrogen (secondary N) is 2. The molecule has 0 saturated carbocycles. The average molecular weight is 356 g/mol. The molecule has 2 unspecified atom stereocenters. The fourth-order valence-electron chi connectivity index (χ4n) is 3.68. The predicted octanol–water partition coefficient (Wildman–Crippen LogP) is 2.46. The lowest BCUT2D eigenvalue weighted by Crippen LogP contribution is -2.46. The van der Waals surface area contributed by atoms with E-state index < -0.39 is 0 Å². The molecule has 2 aliphatic heterocycles. The molecule has 1 saturated heterocycles. The summed E-state index contributed by atoms with van der Waals surface area (Å²) in [5.41, 5.74) is 2.56. The van der Waals surface area contributed by atoms with Gasteiger partial charge in [-0.15, -0.1) is 0 Å². The zero-order chi connectivity index (χ0) is 18.5. The summed E-state index contributed by atoms with van der Waals surface area (Å²) < 4.78 is 0. The van der Waals surface area contributed by atoms with Crippen molar-refractivity contribution in [1.29, 1.82) is 0 Å². The Bertz CT molecular complexity index is 626. The van der Waals surface area contributed by atoms with Crippen molar-refractivity contribution in [1.82, 2.24) is 15.5 Å². The number of hydrogen-bond acceptors (Lipinski definition) is 3. The average Bonchev–Trinajstić information content (AvgIpc) is 3.29. The van der Waals surface area contributed by atoms with E-state index in [4.69, 9.17) is 0 Å². The molecule has 2 N–H and O–H groups in total. The van der Waals surface area contributed by atoms with Crippen LogP contribution in [0, 0.1) is 5.92 Å². The van der Waals surface area contributed by atoms with Crippen LogP contribution in [0.5, 0.6) is 0 Å². The van der Waals surface area contributed by atoms with Gasteiger partial charge in [0, 0.05) is 57.5 Å². The van der Waals surface area contributed by atoms with Gasteiger partial charge in [-0.05, 0) is 37.5 Å². The quantitative estimate of drug-likeness (QED) is 0.484. The highest BCUT2D eigenvalue weighted by Gasteiger charge is 2.31. The molecule has 0 amide bonds. The number of aliphatic imine (C=N–C) groups is 1. The highest BCUT2D eigenvalue weighted by molar-refractivity contribution is 5.80. The first-order chi connectivity index (χ1) is 12.6. The third-order valence-electron chi connectivity index (χ3n) is 5.50. The summed E-state index contributed by atoms with van der Waals surface area (Å²) in [6, 6.07) is 9.87. The number of hydrogen-bond donors (Lipinski definition) is 2. The molecule has 5 heteroatoms. The first-order valence-corrected chi connectivity index (χ1v) is 9.77. The van der Waals surface area contributed by atoms with Crippen LogP contribution >= 0.6 is 0 Å². The number of anilines is 1. The van der Waals surface area contributed by atoms with Crippen molar-refractivity contribution >= 4 is 11.6 Å². The van der Waals surface area contributed by atoms with Crippen LogP contribution in [0.3, 0.4) is 0 Å². The number of benzene rings is 1. The Balaban J connectivity index is 1.49. The molecule has 2 aliphatic rings. The third-order valence-corrected chi connectivity index (χ3v) is 5.50. The van der Waals surface area contributed by atoms with Gasteiger partial charge >= 0.3 is 0 Å². The summed E-state index contributed by atoms with van der Waals surface area (Å²) in [7, 11) is 1.85. The molecule has 0 radical (unpaired) electrons. The Hall–Kier alpha value is -2.01. The van der Waals surface area contributed by atoms with Crippen LogP contribution in [0.15, 0.2) is 41.4 Å². The van der Waals surface area contributed by atoms with Crippen LogP contribution in [-0.2, 0) is 6.54 Å². The van der Waals surface area contributed by atoms with Crippen molar-refractivity contribution in [3.63, 3.8) is 0 Å². The Kier molecular flexibility index (Phi) is 6.20. The van der Waals surface area contributed by atoms with Gasteiger partial charge in [0.1, 0.15) is 0 Å². The molecule has 1 aromatic carbocycles. The van der Waals surface area contributed by atoms with Crippen LogP contribution in [0.1, 0.15) is 26.3 Å². The second-order valence-corrected chi connectivity index (χ2v) is 7.74. The first kappa shape index (κ1) is 18.8. The van der Waals surface area contributed by atoms with Crippen LogP contribution < -0.4 is 15.5 Å². The number of guanidine groups is 1. The highest BCUT2D eigenvalue weighted by atomic mass is 15.3. The zero-order valence-electron chi connectivity index (χ0n) is 16.6. The van der Waals surface area contributed by atoms with E-state index in [0.29, 0.717) is 18.0 Å². The van der Waals surface area contributed by atoms with Crippen LogP contribution in [0.2, 0.25) is 0 Å². The van der Waals surface area contributed by atoms with Crippen molar-refractivity contribution in [2.24, 2.45) is 10.9 Å². The zero-order valence-corrected chi connectivity index (χ0v) is 16.6. The van der Waals surface area contributed by atoms with Crippen molar-refractivity contribution < 1.29 is 0 Å². The second-order valence-electron chi connectivity index (χ2n) is 7.74. The third kappa shape index (κ3) is 4.58. The van der Waals surface area contributed by atoms with E-state index in [0.717, 1.165) is 38.7 Å². The van der Waals surface area contributed by atoms with E-state index >= 15 is 0 Å². The van der Waals surface area contributed by atoms with E-state index in [2.05, 4.69) is 82.6 Å². The summed E-state index contributed by atoms with van der Waals surface area (Å²) >= 11 is 0. The minimum atomic E-state index is 0.452. The molecule has 5 nitrogen and oxygen atoms in total. The molecule has 1 fully saturated rings. The van der Waals surface area contributed by atoms with Crippen LogP contribution in [-0.4, -0.2) is 56.2 Å². The molecule has 0 spiro atoms. The summed E-state index contributed by atoms with van der Waals surface area (Å²) in [6.45, 7) is 11.9. The first-order valence-electron chi connectivity index (χ1n) is 9.77. The molecule has 0 aliphatic carbocycles. The summed E-state index contributed by atoms with van der Waals surface area (Å²) in [6.07, 6.45) is 4.44. The topological polar surface area (TPSA) is 42.9 Å². The predicted molar refractivity (Wildman–Crippen MR) is 111 cm³/mol. The summed E-state index contributed by atoms with van der Waals surface area (Å²) in [5.74, 6) is 1.52.